The molecule has 1 unspecified atom stereocenters. The van der Waals surface area contributed by atoms with Crippen LogP contribution in [0.5, 0.6) is 0 Å². The second-order valence-corrected chi connectivity index (χ2v) is 7.11. The van der Waals surface area contributed by atoms with Gasteiger partial charge in [-0.3, -0.25) is 9.78 Å². The number of rotatable bonds is 2. The molecule has 1 heterocycles. The maximum absolute atomic E-state index is 13.1. The Bertz CT molecular complexity index is 828. The summed E-state index contributed by atoms with van der Waals surface area (Å²) < 4.78 is 39.3. The zero-order chi connectivity index (χ0) is 18.4. The molecule has 1 aliphatic rings. The topological polar surface area (TPSA) is 42.0 Å². The number of nitrogens with one attached hydrogen (secondary N) is 1. The molecule has 1 aromatic heterocycles. The number of hydrogen-bond donors (Lipinski definition) is 1. The van der Waals surface area contributed by atoms with Gasteiger partial charge in [0.2, 0.25) is 0 Å². The summed E-state index contributed by atoms with van der Waals surface area (Å²) in [5.41, 5.74) is 1.02. The number of pyridine rings is 1. The van der Waals surface area contributed by atoms with E-state index in [9.17, 15) is 18.0 Å². The molecule has 1 atom stereocenters. The molecular weight excluding hydrogens is 329 g/mol. The van der Waals surface area contributed by atoms with E-state index in [-0.39, 0.29) is 11.3 Å². The first-order valence-electron chi connectivity index (χ1n) is 8.08. The minimum atomic E-state index is -4.68. The maximum atomic E-state index is 13.1. The minimum absolute atomic E-state index is 0.0269. The zero-order valence-electron chi connectivity index (χ0n) is 14.2. The van der Waals surface area contributed by atoms with Crippen molar-refractivity contribution in [3.05, 3.63) is 58.9 Å². The van der Waals surface area contributed by atoms with Crippen LogP contribution < -0.4 is 5.32 Å². The molecular formula is C19H19F3N2O. The number of alkyl halides is 3. The molecule has 3 nitrogen and oxygen atoms in total. The molecule has 1 aliphatic carbocycles. The van der Waals surface area contributed by atoms with Crippen molar-refractivity contribution < 1.29 is 18.0 Å². The Balaban J connectivity index is 1.99. The van der Waals surface area contributed by atoms with E-state index < -0.39 is 23.3 Å². The van der Waals surface area contributed by atoms with Gasteiger partial charge in [-0.1, -0.05) is 32.9 Å². The van der Waals surface area contributed by atoms with E-state index in [4.69, 9.17) is 0 Å². The highest BCUT2D eigenvalue weighted by atomic mass is 19.4. The van der Waals surface area contributed by atoms with Crippen molar-refractivity contribution in [3.8, 4) is 0 Å². The summed E-state index contributed by atoms with van der Waals surface area (Å²) >= 11 is 0. The quantitative estimate of drug-likeness (QED) is 0.817. The number of halogens is 3. The van der Waals surface area contributed by atoms with Gasteiger partial charge in [0.05, 0.1) is 5.56 Å². The standard InChI is InChI=1S/C19H19F3N2O/c1-11-10-18(2,3)13-7-4-8-14(15(11)13)24-17(25)12-6-5-9-23-16(12)19(20,21)22/h4-9,11H,10H2,1-3H3,(H,24,25). The zero-order valence-corrected chi connectivity index (χ0v) is 14.2. The van der Waals surface area contributed by atoms with E-state index in [1.807, 2.05) is 12.1 Å². The highest BCUT2D eigenvalue weighted by Crippen LogP contribution is 2.48. The van der Waals surface area contributed by atoms with Crippen LogP contribution in [0.1, 0.15) is 60.3 Å². The van der Waals surface area contributed by atoms with Crippen LogP contribution in [0.4, 0.5) is 18.9 Å². The summed E-state index contributed by atoms with van der Waals surface area (Å²) in [6.45, 7) is 6.32. The molecule has 132 valence electrons. The van der Waals surface area contributed by atoms with E-state index in [1.54, 1.807) is 6.07 Å². The van der Waals surface area contributed by atoms with Gasteiger partial charge in [0, 0.05) is 11.9 Å². The Hall–Kier alpha value is -2.37. The third-order valence-corrected chi connectivity index (χ3v) is 4.71. The fourth-order valence-electron chi connectivity index (χ4n) is 3.78. The molecule has 0 radical (unpaired) electrons. The smallest absolute Gasteiger partial charge is 0.322 e. The van der Waals surface area contributed by atoms with Crippen molar-refractivity contribution in [2.45, 2.75) is 44.7 Å². The fourth-order valence-corrected chi connectivity index (χ4v) is 3.78. The highest BCUT2D eigenvalue weighted by molar-refractivity contribution is 6.05. The molecule has 1 N–H and O–H groups in total. The molecule has 0 spiro atoms. The lowest BCUT2D eigenvalue weighted by Crippen LogP contribution is -2.21. The predicted molar refractivity (Wildman–Crippen MR) is 89.7 cm³/mol. The molecule has 0 aliphatic heterocycles. The van der Waals surface area contributed by atoms with Crippen LogP contribution in [0.3, 0.4) is 0 Å². The maximum Gasteiger partial charge on any atom is 0.434 e. The van der Waals surface area contributed by atoms with Gasteiger partial charge in [-0.05, 0) is 47.1 Å². The molecule has 25 heavy (non-hydrogen) atoms. The molecule has 2 aromatic rings. The van der Waals surface area contributed by atoms with Gasteiger partial charge >= 0.3 is 6.18 Å². The summed E-state index contributed by atoms with van der Waals surface area (Å²) in [4.78, 5) is 15.8. The van der Waals surface area contributed by atoms with E-state index >= 15 is 0 Å². The van der Waals surface area contributed by atoms with E-state index in [1.165, 1.54) is 6.07 Å². The Morgan fingerprint density at radius 2 is 1.96 bits per heavy atom. The third kappa shape index (κ3) is 3.13. The van der Waals surface area contributed by atoms with Gasteiger partial charge < -0.3 is 5.32 Å². The lowest BCUT2D eigenvalue weighted by Gasteiger charge is -2.19. The Morgan fingerprint density at radius 3 is 2.64 bits per heavy atom. The molecule has 0 fully saturated rings. The van der Waals surface area contributed by atoms with E-state index in [2.05, 4.69) is 31.1 Å². The van der Waals surface area contributed by atoms with Gasteiger partial charge in [0.25, 0.3) is 5.91 Å². The molecule has 3 rings (SSSR count). The van der Waals surface area contributed by atoms with Gasteiger partial charge in [0.1, 0.15) is 0 Å². The van der Waals surface area contributed by atoms with Crippen LogP contribution in [-0.2, 0) is 11.6 Å². The van der Waals surface area contributed by atoms with Gasteiger partial charge in [0.15, 0.2) is 5.69 Å². The monoisotopic (exact) mass is 348 g/mol. The lowest BCUT2D eigenvalue weighted by molar-refractivity contribution is -0.141. The Labute approximate surface area is 144 Å². The number of hydrogen-bond acceptors (Lipinski definition) is 2. The van der Waals surface area contributed by atoms with Gasteiger partial charge in [-0.25, -0.2) is 0 Å². The van der Waals surface area contributed by atoms with Crippen molar-refractivity contribution in [2.75, 3.05) is 5.32 Å². The average Bonchev–Trinajstić information content (AvgIpc) is 2.77. The van der Waals surface area contributed by atoms with Crippen LogP contribution in [0.15, 0.2) is 36.5 Å². The minimum Gasteiger partial charge on any atom is -0.322 e. The molecule has 1 aromatic carbocycles. The molecule has 6 heteroatoms. The van der Waals surface area contributed by atoms with Crippen LogP contribution in [0, 0.1) is 0 Å². The normalized spacial score (nSPS) is 18.7. The molecule has 0 bridgehead atoms. The number of anilines is 1. The number of amides is 1. The Morgan fingerprint density at radius 1 is 1.24 bits per heavy atom. The lowest BCUT2D eigenvalue weighted by atomic mass is 9.86. The first kappa shape index (κ1) is 17.5. The van der Waals surface area contributed by atoms with Gasteiger partial charge in [-0.2, -0.15) is 13.2 Å². The number of benzene rings is 1. The molecule has 1 amide bonds. The second-order valence-electron chi connectivity index (χ2n) is 7.11. The Kier molecular flexibility index (Phi) is 4.09. The van der Waals surface area contributed by atoms with Crippen molar-refractivity contribution in [1.29, 1.82) is 0 Å². The number of nitrogens with zero attached hydrogens (tertiary/aromatic N) is 1. The first-order valence-corrected chi connectivity index (χ1v) is 8.08. The van der Waals surface area contributed by atoms with Crippen molar-refractivity contribution in [2.24, 2.45) is 0 Å². The summed E-state index contributed by atoms with van der Waals surface area (Å²) in [6, 6.07) is 8.03. The average molecular weight is 348 g/mol. The summed E-state index contributed by atoms with van der Waals surface area (Å²) in [6.07, 6.45) is -2.72. The van der Waals surface area contributed by atoms with Crippen LogP contribution >= 0.6 is 0 Å². The SMILES string of the molecule is CC1CC(C)(C)c2cccc(NC(=O)c3cccnc3C(F)(F)F)c21. The van der Waals surface area contributed by atoms with Crippen LogP contribution in [0.2, 0.25) is 0 Å². The van der Waals surface area contributed by atoms with Crippen LogP contribution in [-0.4, -0.2) is 10.9 Å². The predicted octanol–water partition coefficient (Wildman–Crippen LogP) is 5.14. The number of carbonyl (C=O) groups is 1. The highest BCUT2D eigenvalue weighted by Gasteiger charge is 2.38. The van der Waals surface area contributed by atoms with E-state index in [0.29, 0.717) is 5.69 Å². The largest absolute Gasteiger partial charge is 0.434 e. The summed E-state index contributed by atoms with van der Waals surface area (Å²) in [5.74, 6) is -0.580. The van der Waals surface area contributed by atoms with Crippen LogP contribution in [0.25, 0.3) is 0 Å². The number of carbonyl (C=O) groups excluding carboxylic acids is 1. The number of aromatic nitrogens is 1. The van der Waals surface area contributed by atoms with Crippen molar-refractivity contribution >= 4 is 11.6 Å². The fraction of sp³-hybridized carbons (Fsp3) is 0.368. The molecule has 0 saturated heterocycles. The third-order valence-electron chi connectivity index (χ3n) is 4.71. The van der Waals surface area contributed by atoms with E-state index in [0.717, 1.165) is 29.8 Å². The molecule has 0 saturated carbocycles. The van der Waals surface area contributed by atoms with Crippen molar-refractivity contribution in [1.82, 2.24) is 4.98 Å². The summed E-state index contributed by atoms with van der Waals surface area (Å²) in [5, 5.41) is 2.66. The summed E-state index contributed by atoms with van der Waals surface area (Å²) in [7, 11) is 0. The van der Waals surface area contributed by atoms with Crippen molar-refractivity contribution in [3.63, 3.8) is 0 Å². The second kappa shape index (κ2) is 5.86. The first-order chi connectivity index (χ1) is 11.6. The number of fused-ring (bicyclic) bond motifs is 1. The van der Waals surface area contributed by atoms with Gasteiger partial charge in [-0.15, -0.1) is 0 Å².